The summed E-state index contributed by atoms with van der Waals surface area (Å²) in [7, 11) is 0. The third-order valence-electron chi connectivity index (χ3n) is 3.68. The Morgan fingerprint density at radius 2 is 2.27 bits per heavy atom. The van der Waals surface area contributed by atoms with Crippen LogP contribution in [0.3, 0.4) is 0 Å². The smallest absolute Gasteiger partial charge is 0.324 e. The summed E-state index contributed by atoms with van der Waals surface area (Å²) >= 11 is 0. The Balaban J connectivity index is 2.02. The molecule has 0 saturated heterocycles. The Kier molecular flexibility index (Phi) is 3.13. The average molecular weight is 208 g/mol. The number of hydrogen-bond acceptors (Lipinski definition) is 1. The van der Waals surface area contributed by atoms with E-state index in [0.29, 0.717) is 12.0 Å². The minimum absolute atomic E-state index is 0.575. The van der Waals surface area contributed by atoms with Gasteiger partial charge in [0.1, 0.15) is 0 Å². The van der Waals surface area contributed by atoms with Crippen molar-refractivity contribution >= 4 is 6.40 Å². The number of hydrogen-bond donors (Lipinski definition) is 0. The fourth-order valence-electron chi connectivity index (χ4n) is 2.53. The predicted molar refractivity (Wildman–Crippen MR) is 62.3 cm³/mol. The molecular weight excluding hydrogens is 186 g/mol. The van der Waals surface area contributed by atoms with Gasteiger partial charge in [0, 0.05) is 5.92 Å². The Morgan fingerprint density at radius 3 is 2.87 bits per heavy atom. The highest BCUT2D eigenvalue weighted by molar-refractivity contribution is 5.41. The molecule has 2 aliphatic rings. The summed E-state index contributed by atoms with van der Waals surface area (Å²) < 4.78 is 7.84. The lowest BCUT2D eigenvalue weighted by atomic mass is 10.0. The van der Waals surface area contributed by atoms with Gasteiger partial charge >= 0.3 is 6.40 Å². The van der Waals surface area contributed by atoms with Gasteiger partial charge in [0.05, 0.1) is 0 Å². The Bertz CT molecular complexity index is 302. The van der Waals surface area contributed by atoms with Crippen molar-refractivity contribution in [2.75, 3.05) is 13.2 Å². The quantitative estimate of drug-likeness (QED) is 0.513. The van der Waals surface area contributed by atoms with E-state index in [0.717, 1.165) is 13.2 Å². The summed E-state index contributed by atoms with van der Waals surface area (Å²) in [5.41, 5.74) is 3.25. The second-order valence-corrected chi connectivity index (χ2v) is 5.16. The molecule has 0 fully saturated rings. The molecule has 0 amide bonds. The average Bonchev–Trinajstić information content (AvgIpc) is 2.77. The van der Waals surface area contributed by atoms with Gasteiger partial charge < -0.3 is 4.74 Å². The summed E-state index contributed by atoms with van der Waals surface area (Å²) in [5.74, 6) is 0.672. The predicted octanol–water partition coefficient (Wildman–Crippen LogP) is 2.58. The van der Waals surface area contributed by atoms with E-state index >= 15 is 0 Å². The zero-order valence-corrected chi connectivity index (χ0v) is 10.1. The van der Waals surface area contributed by atoms with Crippen molar-refractivity contribution in [3.8, 4) is 0 Å². The number of allylic oxidation sites excluding steroid dienone is 1. The van der Waals surface area contributed by atoms with Gasteiger partial charge in [-0.05, 0) is 31.8 Å². The number of nitrogens with zero attached hydrogens (tertiary/aromatic N) is 1. The van der Waals surface area contributed by atoms with Crippen LogP contribution in [-0.4, -0.2) is 30.2 Å². The van der Waals surface area contributed by atoms with Crippen LogP contribution < -0.4 is 0 Å². The van der Waals surface area contributed by atoms with Gasteiger partial charge in [0.25, 0.3) is 0 Å². The maximum Gasteiger partial charge on any atom is 0.324 e. The molecule has 0 saturated carbocycles. The zero-order chi connectivity index (χ0) is 10.8. The Morgan fingerprint density at radius 1 is 1.47 bits per heavy atom. The highest BCUT2D eigenvalue weighted by Crippen LogP contribution is 2.26. The lowest BCUT2D eigenvalue weighted by Gasteiger charge is -2.12. The molecule has 84 valence electrons. The first-order chi connectivity index (χ1) is 7.18. The third kappa shape index (κ3) is 2.24. The summed E-state index contributed by atoms with van der Waals surface area (Å²) in [6, 6.07) is 0.575. The fraction of sp³-hybridized carbons (Fsp3) is 0.769. The number of ether oxygens (including phenoxy) is 1. The van der Waals surface area contributed by atoms with E-state index in [4.69, 9.17) is 4.74 Å². The van der Waals surface area contributed by atoms with E-state index in [1.165, 1.54) is 19.3 Å². The lowest BCUT2D eigenvalue weighted by molar-refractivity contribution is -0.552. The van der Waals surface area contributed by atoms with Crippen LogP contribution >= 0.6 is 0 Å². The van der Waals surface area contributed by atoms with E-state index in [-0.39, 0.29) is 0 Å². The second kappa shape index (κ2) is 4.38. The molecule has 1 aliphatic carbocycles. The maximum atomic E-state index is 5.45. The molecule has 2 heteroatoms. The molecule has 2 nitrogen and oxygen atoms in total. The molecule has 0 radical (unpaired) electrons. The van der Waals surface area contributed by atoms with Crippen LogP contribution in [0.1, 0.15) is 40.0 Å². The van der Waals surface area contributed by atoms with Crippen LogP contribution in [-0.2, 0) is 4.74 Å². The minimum Gasteiger partial charge on any atom is -0.443 e. The van der Waals surface area contributed by atoms with Crippen LogP contribution in [0.25, 0.3) is 0 Å². The summed E-state index contributed by atoms with van der Waals surface area (Å²) in [4.78, 5) is 0. The highest BCUT2D eigenvalue weighted by Gasteiger charge is 2.31. The highest BCUT2D eigenvalue weighted by atomic mass is 16.5. The molecular formula is C13H22NO+. The molecule has 1 aliphatic heterocycles. The van der Waals surface area contributed by atoms with Crippen molar-refractivity contribution in [3.05, 3.63) is 11.1 Å². The van der Waals surface area contributed by atoms with Crippen LogP contribution in [0.4, 0.5) is 0 Å². The Hall–Kier alpha value is -0.790. The molecule has 15 heavy (non-hydrogen) atoms. The van der Waals surface area contributed by atoms with E-state index in [9.17, 15) is 0 Å². The SMILES string of the molecule is CC1=C(C[N+]2=COC[C@@H]2C(C)C)CCC1. The second-order valence-electron chi connectivity index (χ2n) is 5.16. The van der Waals surface area contributed by atoms with Gasteiger partial charge in [-0.3, -0.25) is 0 Å². The van der Waals surface area contributed by atoms with Crippen molar-refractivity contribution in [1.29, 1.82) is 0 Å². The van der Waals surface area contributed by atoms with E-state index in [1.54, 1.807) is 11.1 Å². The third-order valence-corrected chi connectivity index (χ3v) is 3.68. The van der Waals surface area contributed by atoms with Gasteiger partial charge in [-0.15, -0.1) is 0 Å². The Labute approximate surface area is 92.6 Å². The van der Waals surface area contributed by atoms with Crippen molar-refractivity contribution in [2.45, 2.75) is 46.1 Å². The molecule has 0 aromatic rings. The van der Waals surface area contributed by atoms with Crippen molar-refractivity contribution in [1.82, 2.24) is 0 Å². The topological polar surface area (TPSA) is 12.2 Å². The maximum absolute atomic E-state index is 5.45. The largest absolute Gasteiger partial charge is 0.443 e. The first-order valence-electron chi connectivity index (χ1n) is 6.06. The summed E-state index contributed by atoms with van der Waals surface area (Å²) in [5, 5.41) is 0. The van der Waals surface area contributed by atoms with Crippen LogP contribution in [0.5, 0.6) is 0 Å². The lowest BCUT2D eigenvalue weighted by Crippen LogP contribution is -2.31. The molecule has 2 rings (SSSR count). The molecule has 0 unspecified atom stereocenters. The van der Waals surface area contributed by atoms with Gasteiger partial charge in [0.2, 0.25) is 0 Å². The van der Waals surface area contributed by atoms with Crippen LogP contribution in [0.2, 0.25) is 0 Å². The standard InChI is InChI=1S/C13H22NO/c1-10(2)13-8-15-9-14(13)7-12-6-4-5-11(12)3/h9-10,13H,4-8H2,1-3H3/q+1/t13-/m1/s1. The van der Waals surface area contributed by atoms with E-state index in [1.807, 2.05) is 6.40 Å². The summed E-state index contributed by atoms with van der Waals surface area (Å²) in [6.07, 6.45) is 5.88. The minimum atomic E-state index is 0.575. The summed E-state index contributed by atoms with van der Waals surface area (Å²) in [6.45, 7) is 8.79. The van der Waals surface area contributed by atoms with Gasteiger partial charge in [-0.25, -0.2) is 0 Å². The van der Waals surface area contributed by atoms with Gasteiger partial charge in [0.15, 0.2) is 19.2 Å². The first kappa shape index (κ1) is 10.7. The van der Waals surface area contributed by atoms with Gasteiger partial charge in [-0.1, -0.05) is 19.4 Å². The molecule has 0 aromatic heterocycles. The van der Waals surface area contributed by atoms with Crippen molar-refractivity contribution in [2.24, 2.45) is 5.92 Å². The van der Waals surface area contributed by atoms with Crippen LogP contribution in [0, 0.1) is 5.92 Å². The molecule has 1 atom stereocenters. The fourth-order valence-corrected chi connectivity index (χ4v) is 2.53. The monoisotopic (exact) mass is 208 g/mol. The van der Waals surface area contributed by atoms with Crippen molar-refractivity contribution < 1.29 is 9.31 Å². The van der Waals surface area contributed by atoms with Gasteiger partial charge in [-0.2, -0.15) is 4.58 Å². The number of rotatable bonds is 3. The molecule has 0 spiro atoms. The van der Waals surface area contributed by atoms with Crippen LogP contribution in [0.15, 0.2) is 11.1 Å². The molecule has 0 bridgehead atoms. The van der Waals surface area contributed by atoms with Crippen molar-refractivity contribution in [3.63, 3.8) is 0 Å². The molecule has 0 aromatic carbocycles. The molecule has 0 N–H and O–H groups in total. The normalized spacial score (nSPS) is 26.1. The van der Waals surface area contributed by atoms with E-state index < -0.39 is 0 Å². The first-order valence-corrected chi connectivity index (χ1v) is 6.06. The zero-order valence-electron chi connectivity index (χ0n) is 10.1. The molecule has 1 heterocycles. The van der Waals surface area contributed by atoms with E-state index in [2.05, 4.69) is 25.3 Å².